The van der Waals surface area contributed by atoms with Crippen LogP contribution in [0.15, 0.2) is 40.7 Å². The molecule has 0 bridgehead atoms. The summed E-state index contributed by atoms with van der Waals surface area (Å²) in [5, 5.41) is 15.5. The molecule has 114 valence electrons. The summed E-state index contributed by atoms with van der Waals surface area (Å²) in [5.41, 5.74) is 0.926. The molecule has 0 spiro atoms. The van der Waals surface area contributed by atoms with Gasteiger partial charge in [0.15, 0.2) is 0 Å². The average molecular weight is 318 g/mol. The molecule has 0 aromatic heterocycles. The van der Waals surface area contributed by atoms with Crippen molar-refractivity contribution in [2.24, 2.45) is 5.10 Å². The zero-order valence-corrected chi connectivity index (χ0v) is 12.5. The van der Waals surface area contributed by atoms with Gasteiger partial charge >= 0.3 is 5.97 Å². The monoisotopic (exact) mass is 318 g/mol. The molecule has 1 fully saturated rings. The van der Waals surface area contributed by atoms with E-state index in [9.17, 15) is 14.7 Å². The van der Waals surface area contributed by atoms with Crippen LogP contribution in [0.25, 0.3) is 0 Å². The third kappa shape index (κ3) is 1.94. The molecule has 4 heterocycles. The van der Waals surface area contributed by atoms with Crippen LogP contribution in [0.1, 0.15) is 12.8 Å². The van der Waals surface area contributed by atoms with E-state index in [1.54, 1.807) is 16.8 Å². The quantitative estimate of drug-likeness (QED) is 0.781. The minimum atomic E-state index is -1.02. The fourth-order valence-corrected chi connectivity index (χ4v) is 4.22. The molecule has 8 heteroatoms. The molecular weight excluding hydrogens is 304 g/mol. The Morgan fingerprint density at radius 1 is 1.45 bits per heavy atom. The van der Waals surface area contributed by atoms with Crippen LogP contribution in [-0.4, -0.2) is 55.7 Å². The number of carbonyl (C=O) groups excluding carboxylic acids is 1. The van der Waals surface area contributed by atoms with Crippen LogP contribution in [0.4, 0.5) is 0 Å². The number of carboxylic acid groups (broad SMARTS) is 1. The van der Waals surface area contributed by atoms with Crippen LogP contribution in [0.2, 0.25) is 0 Å². The number of nitrogens with zero attached hydrogens (tertiary/aromatic N) is 4. The Hall–Kier alpha value is -2.22. The number of thioether (sulfide) groups is 1. The SMILES string of the molecule is O=C(O)C1=C(CN2C=CN3N=CCC=C23)CS[C@H]2CC(=O)N12. The fourth-order valence-electron chi connectivity index (χ4n) is 2.97. The molecular formula is C14H14N4O3S. The number of rotatable bonds is 3. The molecule has 0 radical (unpaired) electrons. The van der Waals surface area contributed by atoms with Crippen LogP contribution in [-0.2, 0) is 9.59 Å². The highest BCUT2D eigenvalue weighted by atomic mass is 32.2. The molecule has 7 nitrogen and oxygen atoms in total. The van der Waals surface area contributed by atoms with Gasteiger partial charge in [-0.2, -0.15) is 5.10 Å². The first kappa shape index (κ1) is 13.4. The normalized spacial score (nSPS) is 26.0. The van der Waals surface area contributed by atoms with E-state index in [1.165, 1.54) is 4.90 Å². The fraction of sp³-hybridized carbons (Fsp3) is 0.357. The Morgan fingerprint density at radius 2 is 2.32 bits per heavy atom. The van der Waals surface area contributed by atoms with Gasteiger partial charge in [-0.15, -0.1) is 11.8 Å². The van der Waals surface area contributed by atoms with E-state index in [2.05, 4.69) is 5.10 Å². The molecule has 4 aliphatic heterocycles. The van der Waals surface area contributed by atoms with Crippen LogP contribution >= 0.6 is 11.8 Å². The van der Waals surface area contributed by atoms with Gasteiger partial charge in [0.2, 0.25) is 5.91 Å². The second-order valence-corrected chi connectivity index (χ2v) is 6.52. The van der Waals surface area contributed by atoms with Crippen molar-refractivity contribution in [2.75, 3.05) is 12.3 Å². The number of allylic oxidation sites excluding steroid dienone is 1. The van der Waals surface area contributed by atoms with E-state index in [0.717, 1.165) is 17.8 Å². The number of fused-ring (bicyclic) bond motifs is 2. The molecule has 0 unspecified atom stereocenters. The molecule has 0 aromatic rings. The molecule has 1 saturated heterocycles. The summed E-state index contributed by atoms with van der Waals surface area (Å²) in [6, 6.07) is 0. The molecule has 0 aliphatic carbocycles. The molecule has 1 N–H and O–H groups in total. The van der Waals surface area contributed by atoms with Crippen molar-refractivity contribution in [3.63, 3.8) is 0 Å². The molecule has 1 atom stereocenters. The van der Waals surface area contributed by atoms with Crippen LogP contribution in [0, 0.1) is 0 Å². The maximum Gasteiger partial charge on any atom is 0.352 e. The van der Waals surface area contributed by atoms with Crippen molar-refractivity contribution in [2.45, 2.75) is 18.2 Å². The highest BCUT2D eigenvalue weighted by Gasteiger charge is 2.45. The zero-order valence-electron chi connectivity index (χ0n) is 11.7. The third-order valence-corrected chi connectivity index (χ3v) is 5.30. The Balaban J connectivity index is 1.62. The van der Waals surface area contributed by atoms with Crippen molar-refractivity contribution in [1.29, 1.82) is 0 Å². The maximum atomic E-state index is 11.7. The summed E-state index contributed by atoms with van der Waals surface area (Å²) in [5.74, 6) is 0.440. The number of carbonyl (C=O) groups is 2. The first-order chi connectivity index (χ1) is 10.6. The van der Waals surface area contributed by atoms with Crippen LogP contribution in [0.5, 0.6) is 0 Å². The zero-order chi connectivity index (χ0) is 15.3. The largest absolute Gasteiger partial charge is 0.477 e. The summed E-state index contributed by atoms with van der Waals surface area (Å²) in [4.78, 5) is 26.7. The lowest BCUT2D eigenvalue weighted by Crippen LogP contribution is -2.54. The molecule has 0 saturated carbocycles. The van der Waals surface area contributed by atoms with Crippen LogP contribution < -0.4 is 0 Å². The molecule has 22 heavy (non-hydrogen) atoms. The van der Waals surface area contributed by atoms with Gasteiger partial charge in [0.25, 0.3) is 0 Å². The maximum absolute atomic E-state index is 11.7. The predicted molar refractivity (Wildman–Crippen MR) is 81.2 cm³/mol. The van der Waals surface area contributed by atoms with Crippen molar-refractivity contribution in [3.8, 4) is 0 Å². The van der Waals surface area contributed by atoms with Gasteiger partial charge < -0.3 is 10.0 Å². The highest BCUT2D eigenvalue weighted by Crippen LogP contribution is 2.40. The smallest absolute Gasteiger partial charge is 0.352 e. The summed E-state index contributed by atoms with van der Waals surface area (Å²) in [7, 11) is 0. The van der Waals surface area contributed by atoms with Crippen molar-refractivity contribution < 1.29 is 14.7 Å². The molecule has 0 aromatic carbocycles. The number of hydrogen-bond acceptors (Lipinski definition) is 6. The molecule has 4 rings (SSSR count). The van der Waals surface area contributed by atoms with Gasteiger partial charge in [-0.05, 0) is 11.6 Å². The second-order valence-electron chi connectivity index (χ2n) is 5.36. The van der Waals surface area contributed by atoms with Gasteiger partial charge in [-0.3, -0.25) is 9.69 Å². The lowest BCUT2D eigenvalue weighted by Gasteiger charge is -2.44. The number of amides is 1. The van der Waals surface area contributed by atoms with Crippen molar-refractivity contribution in [3.05, 3.63) is 35.6 Å². The van der Waals surface area contributed by atoms with Crippen molar-refractivity contribution in [1.82, 2.24) is 14.8 Å². The van der Waals surface area contributed by atoms with E-state index in [0.29, 0.717) is 18.7 Å². The summed E-state index contributed by atoms with van der Waals surface area (Å²) in [6.07, 6.45) is 8.79. The number of hydrazone groups is 1. The topological polar surface area (TPSA) is 76.5 Å². The number of aliphatic carboxylic acids is 1. The molecule has 1 amide bonds. The predicted octanol–water partition coefficient (Wildman–Crippen LogP) is 0.950. The van der Waals surface area contributed by atoms with E-state index in [4.69, 9.17) is 0 Å². The van der Waals surface area contributed by atoms with E-state index < -0.39 is 5.97 Å². The van der Waals surface area contributed by atoms with Gasteiger partial charge in [0, 0.05) is 37.3 Å². The second kappa shape index (κ2) is 4.91. The first-order valence-electron chi connectivity index (χ1n) is 7.01. The Morgan fingerprint density at radius 3 is 3.09 bits per heavy atom. The van der Waals surface area contributed by atoms with Crippen molar-refractivity contribution >= 4 is 29.9 Å². The first-order valence-corrected chi connectivity index (χ1v) is 8.06. The van der Waals surface area contributed by atoms with Crippen LogP contribution in [0.3, 0.4) is 0 Å². The Kier molecular flexibility index (Phi) is 3.00. The molecule has 4 aliphatic rings. The summed E-state index contributed by atoms with van der Waals surface area (Å²) in [6.45, 7) is 0.458. The van der Waals surface area contributed by atoms with E-state index in [-0.39, 0.29) is 17.0 Å². The lowest BCUT2D eigenvalue weighted by molar-refractivity contribution is -0.146. The standard InChI is InChI=1S/C14H14N4O3S/c19-11-6-12-18(11)13(14(20)21)9(8-22-12)7-16-4-5-17-10(16)2-1-3-15-17/h2-5,12H,1,6-8H2,(H,20,21)/t12-/m0/s1. The number of carboxylic acids is 1. The number of β-lactam (4-membered cyclic amide) rings is 1. The Labute approximate surface area is 131 Å². The average Bonchev–Trinajstić information content (AvgIpc) is 2.90. The number of hydrogen-bond donors (Lipinski definition) is 1. The summed E-state index contributed by atoms with van der Waals surface area (Å²) >= 11 is 1.63. The third-order valence-electron chi connectivity index (χ3n) is 4.02. The Bertz CT molecular complexity index is 682. The van der Waals surface area contributed by atoms with E-state index >= 15 is 0 Å². The van der Waals surface area contributed by atoms with E-state index in [1.807, 2.05) is 29.6 Å². The van der Waals surface area contributed by atoms with Gasteiger partial charge in [0.1, 0.15) is 11.5 Å². The van der Waals surface area contributed by atoms with Gasteiger partial charge in [-0.1, -0.05) is 0 Å². The minimum Gasteiger partial charge on any atom is -0.477 e. The van der Waals surface area contributed by atoms with Gasteiger partial charge in [-0.25, -0.2) is 9.80 Å². The summed E-state index contributed by atoms with van der Waals surface area (Å²) < 4.78 is 0. The highest BCUT2D eigenvalue weighted by molar-refractivity contribution is 8.00. The lowest BCUT2D eigenvalue weighted by atomic mass is 10.1. The van der Waals surface area contributed by atoms with Gasteiger partial charge in [0.05, 0.1) is 11.8 Å². The minimum absolute atomic E-state index is 0.00790.